The first kappa shape index (κ1) is 27.8. The van der Waals surface area contributed by atoms with Gasteiger partial charge >= 0.3 is 0 Å². The number of hydrogen-bond acceptors (Lipinski definition) is 9. The number of aliphatic hydroxyl groups excluding tert-OH is 3. The van der Waals surface area contributed by atoms with Gasteiger partial charge in [0.25, 0.3) is 0 Å². The topological polar surface area (TPSA) is 156 Å². The molecule has 5 rings (SSSR count). The quantitative estimate of drug-likeness (QED) is 0.343. The number of nitrogens with zero attached hydrogens (tertiary/aromatic N) is 1. The Balaban J connectivity index is 1.69. The summed E-state index contributed by atoms with van der Waals surface area (Å²) in [5, 5.41) is 54.3. The lowest BCUT2D eigenvalue weighted by molar-refractivity contribution is -0.153. The van der Waals surface area contributed by atoms with Crippen molar-refractivity contribution in [1.29, 1.82) is 0 Å². The van der Waals surface area contributed by atoms with Gasteiger partial charge in [0, 0.05) is 18.1 Å². The van der Waals surface area contributed by atoms with Crippen molar-refractivity contribution >= 4 is 23.1 Å². The summed E-state index contributed by atoms with van der Waals surface area (Å²) in [7, 11) is 3.21. The van der Waals surface area contributed by atoms with Crippen molar-refractivity contribution in [2.45, 2.75) is 44.2 Å². The second-order valence-electron chi connectivity index (χ2n) is 11.2. The molecule has 5 N–H and O–H groups in total. The SMILES string of the molecule is CC(=O)C1=C(O)[C@@]2(O)C(=O)C3=C(O)c4c(O)ccc(-c5cccc(CCCO)c5)c4C[C@H]3C[C@H]2[C@H](N(C)C)C1=O. The van der Waals surface area contributed by atoms with Gasteiger partial charge in [0.1, 0.15) is 22.8 Å². The fourth-order valence-corrected chi connectivity index (χ4v) is 6.79. The Hall–Kier alpha value is -3.79. The molecule has 1 fully saturated rings. The summed E-state index contributed by atoms with van der Waals surface area (Å²) < 4.78 is 0. The predicted octanol–water partition coefficient (Wildman–Crippen LogP) is 2.66. The van der Waals surface area contributed by atoms with Gasteiger partial charge in [-0.05, 0) is 80.9 Å². The second kappa shape index (κ2) is 9.99. The molecule has 40 heavy (non-hydrogen) atoms. The number of phenolic OH excluding ortho intramolecular Hbond substituents is 1. The number of aliphatic hydroxyl groups is 4. The Labute approximate surface area is 231 Å². The lowest BCUT2D eigenvalue weighted by atomic mass is 9.57. The van der Waals surface area contributed by atoms with Crippen LogP contribution in [0.5, 0.6) is 5.75 Å². The van der Waals surface area contributed by atoms with Crippen molar-refractivity contribution in [3.63, 3.8) is 0 Å². The second-order valence-corrected chi connectivity index (χ2v) is 11.2. The van der Waals surface area contributed by atoms with Crippen LogP contribution in [0.4, 0.5) is 0 Å². The van der Waals surface area contributed by atoms with E-state index in [2.05, 4.69) is 0 Å². The standard InChI is InChI=1S/C31H33NO8/c1-15(34)23-28(37)26(32(2)3)21-14-18-13-20-19(17-8-4-6-16(12-17)7-5-11-33)9-10-22(35)25(20)27(36)24(18)30(39)31(21,40)29(23)38/h4,6,8-10,12,18,21,26,33,35-36,38,40H,5,7,11,13-14H2,1-3H3/t18-,21-,26-,31+/m0/s1. The van der Waals surface area contributed by atoms with Crippen LogP contribution in [0.1, 0.15) is 36.5 Å². The highest BCUT2D eigenvalue weighted by molar-refractivity contribution is 6.25. The number of benzene rings is 2. The van der Waals surface area contributed by atoms with E-state index >= 15 is 0 Å². The lowest BCUT2D eigenvalue weighted by Crippen LogP contribution is -2.65. The van der Waals surface area contributed by atoms with E-state index in [1.165, 1.54) is 11.0 Å². The number of phenols is 1. The molecule has 0 aliphatic heterocycles. The maximum atomic E-state index is 14.0. The van der Waals surface area contributed by atoms with Crippen LogP contribution in [0, 0.1) is 11.8 Å². The fourth-order valence-electron chi connectivity index (χ4n) is 6.79. The molecule has 3 aliphatic rings. The van der Waals surface area contributed by atoms with Crippen LogP contribution >= 0.6 is 0 Å². The molecule has 0 saturated heterocycles. The van der Waals surface area contributed by atoms with E-state index in [4.69, 9.17) is 0 Å². The van der Waals surface area contributed by atoms with Crippen molar-refractivity contribution in [2.75, 3.05) is 20.7 Å². The first-order chi connectivity index (χ1) is 18.9. The zero-order valence-electron chi connectivity index (χ0n) is 22.6. The maximum absolute atomic E-state index is 14.0. The number of ketones is 3. The van der Waals surface area contributed by atoms with Gasteiger partial charge in [0.05, 0.1) is 11.6 Å². The van der Waals surface area contributed by atoms with Gasteiger partial charge < -0.3 is 25.5 Å². The van der Waals surface area contributed by atoms with Crippen LogP contribution in [0.25, 0.3) is 16.9 Å². The average Bonchev–Trinajstić information content (AvgIpc) is 2.89. The van der Waals surface area contributed by atoms with Gasteiger partial charge in [-0.1, -0.05) is 30.3 Å². The molecular formula is C31H33NO8. The molecule has 0 amide bonds. The summed E-state index contributed by atoms with van der Waals surface area (Å²) in [5.41, 5.74) is -0.0442. The molecule has 0 unspecified atom stereocenters. The first-order valence-electron chi connectivity index (χ1n) is 13.3. The van der Waals surface area contributed by atoms with Crippen molar-refractivity contribution in [3.8, 4) is 16.9 Å². The number of likely N-dealkylation sites (N-methyl/N-ethyl adjacent to an activating group) is 1. The molecule has 3 aliphatic carbocycles. The molecule has 0 radical (unpaired) electrons. The van der Waals surface area contributed by atoms with Crippen molar-refractivity contribution < 1.29 is 39.9 Å². The summed E-state index contributed by atoms with van der Waals surface area (Å²) in [5.74, 6) is -5.83. The third kappa shape index (κ3) is 3.99. The third-order valence-corrected chi connectivity index (χ3v) is 8.57. The molecule has 210 valence electrons. The number of fused-ring (bicyclic) bond motifs is 3. The Bertz CT molecular complexity index is 1500. The Morgan fingerprint density at radius 3 is 2.48 bits per heavy atom. The van der Waals surface area contributed by atoms with E-state index in [1.807, 2.05) is 24.3 Å². The molecule has 9 heteroatoms. The van der Waals surface area contributed by atoms with Crippen LogP contribution in [0.15, 0.2) is 53.3 Å². The summed E-state index contributed by atoms with van der Waals surface area (Å²) >= 11 is 0. The third-order valence-electron chi connectivity index (χ3n) is 8.57. The first-order valence-corrected chi connectivity index (χ1v) is 13.3. The minimum atomic E-state index is -2.59. The zero-order chi connectivity index (χ0) is 29.1. The number of aryl methyl sites for hydroxylation is 1. The Kier molecular flexibility index (Phi) is 6.94. The van der Waals surface area contributed by atoms with Gasteiger partial charge in [0.15, 0.2) is 17.2 Å². The Morgan fingerprint density at radius 1 is 1.10 bits per heavy atom. The maximum Gasteiger partial charge on any atom is 0.202 e. The monoisotopic (exact) mass is 547 g/mol. The summed E-state index contributed by atoms with van der Waals surface area (Å²) in [6, 6.07) is 9.87. The largest absolute Gasteiger partial charge is 0.508 e. The minimum absolute atomic E-state index is 0.0660. The summed E-state index contributed by atoms with van der Waals surface area (Å²) in [4.78, 5) is 41.2. The van der Waals surface area contributed by atoms with Crippen LogP contribution in [0.3, 0.4) is 0 Å². The lowest BCUT2D eigenvalue weighted by Gasteiger charge is -2.50. The molecule has 9 nitrogen and oxygen atoms in total. The van der Waals surface area contributed by atoms with E-state index in [0.29, 0.717) is 18.4 Å². The van der Waals surface area contributed by atoms with E-state index in [9.17, 15) is 39.9 Å². The fraction of sp³-hybridized carbons (Fsp3) is 0.387. The highest BCUT2D eigenvalue weighted by atomic mass is 16.3. The normalized spacial score (nSPS) is 26.1. The number of Topliss-reactive ketones (excluding diaryl/α,β-unsaturated/α-hetero) is 3. The smallest absolute Gasteiger partial charge is 0.202 e. The van der Waals surface area contributed by atoms with E-state index in [-0.39, 0.29) is 36.3 Å². The number of hydrogen-bond donors (Lipinski definition) is 5. The molecule has 0 bridgehead atoms. The van der Waals surface area contributed by atoms with Crippen molar-refractivity contribution in [3.05, 3.63) is 70.0 Å². The summed E-state index contributed by atoms with van der Waals surface area (Å²) in [6.07, 6.45) is 1.58. The highest BCUT2D eigenvalue weighted by Gasteiger charge is 2.64. The molecule has 4 atom stereocenters. The Morgan fingerprint density at radius 2 is 1.82 bits per heavy atom. The van der Waals surface area contributed by atoms with Gasteiger partial charge in [-0.25, -0.2) is 0 Å². The van der Waals surface area contributed by atoms with Crippen LogP contribution < -0.4 is 0 Å². The van der Waals surface area contributed by atoms with Crippen LogP contribution in [0.2, 0.25) is 0 Å². The predicted molar refractivity (Wildman–Crippen MR) is 147 cm³/mol. The number of carbonyl (C=O) groups is 3. The molecule has 1 saturated carbocycles. The van der Waals surface area contributed by atoms with Gasteiger partial charge in [0.2, 0.25) is 5.78 Å². The van der Waals surface area contributed by atoms with Crippen LogP contribution in [-0.4, -0.2) is 80.1 Å². The number of rotatable bonds is 6. The molecule has 0 spiro atoms. The zero-order valence-corrected chi connectivity index (χ0v) is 22.6. The van der Waals surface area contributed by atoms with Gasteiger partial charge in [-0.2, -0.15) is 0 Å². The average molecular weight is 548 g/mol. The number of carbonyl (C=O) groups excluding carboxylic acids is 3. The van der Waals surface area contributed by atoms with E-state index in [1.54, 1.807) is 20.2 Å². The molecule has 2 aromatic carbocycles. The summed E-state index contributed by atoms with van der Waals surface area (Å²) in [6.45, 7) is 1.15. The van der Waals surface area contributed by atoms with E-state index in [0.717, 1.165) is 23.6 Å². The molecule has 0 aromatic heterocycles. The van der Waals surface area contributed by atoms with E-state index < -0.39 is 57.9 Å². The molecule has 2 aromatic rings. The minimum Gasteiger partial charge on any atom is -0.508 e. The number of aromatic hydroxyl groups is 1. The highest BCUT2D eigenvalue weighted by Crippen LogP contribution is 2.53. The van der Waals surface area contributed by atoms with Gasteiger partial charge in [-0.15, -0.1) is 0 Å². The van der Waals surface area contributed by atoms with Crippen LogP contribution in [-0.2, 0) is 27.2 Å². The molecular weight excluding hydrogens is 514 g/mol. The van der Waals surface area contributed by atoms with Gasteiger partial charge in [-0.3, -0.25) is 19.3 Å². The van der Waals surface area contributed by atoms with Crippen molar-refractivity contribution in [1.82, 2.24) is 4.90 Å². The molecule has 0 heterocycles. The van der Waals surface area contributed by atoms with Crippen molar-refractivity contribution in [2.24, 2.45) is 11.8 Å².